The highest BCUT2D eigenvalue weighted by Gasteiger charge is 2.63. The number of hydrogen-bond donors (Lipinski definition) is 6. The maximum absolute atomic E-state index is 15.5. The molecule has 0 unspecified atom stereocenters. The van der Waals surface area contributed by atoms with Crippen LogP contribution in [0.15, 0.2) is 28.7 Å². The number of anilines is 1. The molecule has 1 aromatic rings. The summed E-state index contributed by atoms with van der Waals surface area (Å²) in [6.07, 6.45) is 0.519. The summed E-state index contributed by atoms with van der Waals surface area (Å²) in [4.78, 5) is 57.5. The number of aromatic hydroxyl groups is 1. The monoisotopic (exact) mass is 601 g/mol. The van der Waals surface area contributed by atoms with Crippen LogP contribution in [-0.2, 0) is 20.8 Å². The van der Waals surface area contributed by atoms with Gasteiger partial charge in [0.2, 0.25) is 11.7 Å². The summed E-state index contributed by atoms with van der Waals surface area (Å²) in [7, 11) is 6.93. The van der Waals surface area contributed by atoms with Crippen LogP contribution in [-0.4, -0.2) is 124 Å². The zero-order chi connectivity index (χ0) is 31.7. The topological polar surface area (TPSA) is 197 Å². The zero-order valence-electron chi connectivity index (χ0n) is 24.3. The Morgan fingerprint density at radius 1 is 1.16 bits per heavy atom. The second kappa shape index (κ2) is 10.7. The number of rotatable bonds is 6. The molecule has 232 valence electrons. The molecule has 5 atom stereocenters. The molecule has 0 spiro atoms. The van der Waals surface area contributed by atoms with Crippen LogP contribution in [0.25, 0.3) is 0 Å². The fourth-order valence-corrected chi connectivity index (χ4v) is 7.14. The van der Waals surface area contributed by atoms with E-state index in [0.29, 0.717) is 13.1 Å². The third-order valence-corrected chi connectivity index (χ3v) is 9.29. The summed E-state index contributed by atoms with van der Waals surface area (Å²) in [6, 6.07) is 0.0615. The van der Waals surface area contributed by atoms with Gasteiger partial charge in [0.15, 0.2) is 17.1 Å². The van der Waals surface area contributed by atoms with Gasteiger partial charge in [-0.05, 0) is 53.4 Å². The number of Topliss-reactive ketones (excluding diaryl/α,β-unsaturated/α-hetero) is 2. The van der Waals surface area contributed by atoms with Gasteiger partial charge in [-0.2, -0.15) is 0 Å². The second-order valence-electron chi connectivity index (χ2n) is 12.3. The molecule has 5 rings (SSSR count). The Labute approximate surface area is 247 Å². The maximum Gasteiger partial charge on any atom is 0.255 e. The Bertz CT molecular complexity index is 1500. The first-order chi connectivity index (χ1) is 20.1. The summed E-state index contributed by atoms with van der Waals surface area (Å²) in [6.45, 7) is 1.31. The average Bonchev–Trinajstić information content (AvgIpc) is 3.37. The molecular weight excluding hydrogens is 565 g/mol. The van der Waals surface area contributed by atoms with Crippen LogP contribution in [0.4, 0.5) is 10.1 Å². The van der Waals surface area contributed by atoms with Crippen molar-refractivity contribution in [2.24, 2.45) is 17.6 Å². The number of nitrogens with one attached hydrogen (secondary N) is 1. The second-order valence-corrected chi connectivity index (χ2v) is 12.3. The number of primary amides is 1. The van der Waals surface area contributed by atoms with Gasteiger partial charge < -0.3 is 36.4 Å². The van der Waals surface area contributed by atoms with Crippen molar-refractivity contribution in [3.63, 3.8) is 0 Å². The average molecular weight is 602 g/mol. The largest absolute Gasteiger partial charge is 0.510 e. The number of allylic oxidation sites excluding steroid dienone is 1. The van der Waals surface area contributed by atoms with Crippen molar-refractivity contribution in [3.05, 3.63) is 45.7 Å². The van der Waals surface area contributed by atoms with E-state index in [4.69, 9.17) is 5.73 Å². The molecule has 13 nitrogen and oxygen atoms in total. The normalized spacial score (nSPS) is 29.2. The number of carbonyl (C=O) groups excluding carboxylic acids is 4. The van der Waals surface area contributed by atoms with Crippen LogP contribution in [0.2, 0.25) is 0 Å². The van der Waals surface area contributed by atoms with Crippen LogP contribution < -0.4 is 11.1 Å². The highest BCUT2D eigenvalue weighted by Crippen LogP contribution is 2.53. The minimum absolute atomic E-state index is 0.0173. The molecule has 1 aromatic carbocycles. The first-order valence-electron chi connectivity index (χ1n) is 14.0. The molecule has 1 aliphatic heterocycles. The summed E-state index contributed by atoms with van der Waals surface area (Å²) in [5, 5.41) is 47.4. The van der Waals surface area contributed by atoms with E-state index in [1.807, 2.05) is 19.0 Å². The first-order valence-corrected chi connectivity index (χ1v) is 14.0. The van der Waals surface area contributed by atoms with Gasteiger partial charge in [-0.3, -0.25) is 29.0 Å². The fourth-order valence-electron chi connectivity index (χ4n) is 7.14. The van der Waals surface area contributed by atoms with Crippen molar-refractivity contribution in [1.29, 1.82) is 0 Å². The number of likely N-dealkylation sites (tertiary alicyclic amines) is 1. The van der Waals surface area contributed by atoms with Crippen molar-refractivity contribution in [1.82, 2.24) is 14.7 Å². The van der Waals surface area contributed by atoms with Gasteiger partial charge in [-0.15, -0.1) is 0 Å². The molecule has 1 heterocycles. The molecule has 1 fully saturated rings. The predicted octanol–water partition coefficient (Wildman–Crippen LogP) is -0.166. The minimum Gasteiger partial charge on any atom is -0.510 e. The maximum atomic E-state index is 15.5. The number of nitrogens with zero attached hydrogens (tertiary/aromatic N) is 3. The van der Waals surface area contributed by atoms with Crippen LogP contribution in [0.5, 0.6) is 5.75 Å². The zero-order valence-corrected chi connectivity index (χ0v) is 24.3. The van der Waals surface area contributed by atoms with E-state index in [0.717, 1.165) is 12.5 Å². The molecule has 0 saturated carbocycles. The SMILES string of the molecule is CN(C)[C@H]1CCN(CC(=O)Nc2cc(F)c3c(c2O)C(=O)C2=C(O)[C@]4(O)C(=O)C(C(N)=O)=C(O)[C@@H](N(C)C)[C@@H]4C[C@@H]2C3)C1. The summed E-state index contributed by atoms with van der Waals surface area (Å²) in [5.74, 6) is -9.70. The number of likely N-dealkylation sites (N-methyl/N-ethyl adjacent to an activating group) is 2. The molecule has 0 aromatic heterocycles. The molecule has 7 N–H and O–H groups in total. The van der Waals surface area contributed by atoms with Gasteiger partial charge in [-0.1, -0.05) is 0 Å². The lowest BCUT2D eigenvalue weighted by molar-refractivity contribution is -0.148. The lowest BCUT2D eigenvalue weighted by Gasteiger charge is -2.50. The van der Waals surface area contributed by atoms with Crippen molar-refractivity contribution in [2.75, 3.05) is 53.1 Å². The molecule has 1 saturated heterocycles. The molecule has 0 radical (unpaired) electrons. The van der Waals surface area contributed by atoms with Crippen LogP contribution in [0.3, 0.4) is 0 Å². The van der Waals surface area contributed by atoms with E-state index < -0.39 is 86.7 Å². The van der Waals surface area contributed by atoms with Gasteiger partial charge in [0.1, 0.15) is 22.9 Å². The number of carbonyl (C=O) groups is 4. The summed E-state index contributed by atoms with van der Waals surface area (Å²) < 4.78 is 15.5. The Kier molecular flexibility index (Phi) is 7.61. The lowest BCUT2D eigenvalue weighted by atomic mass is 9.58. The Morgan fingerprint density at radius 2 is 1.84 bits per heavy atom. The number of hydrogen-bond acceptors (Lipinski definition) is 11. The van der Waals surface area contributed by atoms with Crippen LogP contribution in [0, 0.1) is 17.7 Å². The molecule has 14 heteroatoms. The quantitative estimate of drug-likeness (QED) is 0.187. The van der Waals surface area contributed by atoms with E-state index in [1.54, 1.807) is 0 Å². The number of ketones is 2. The number of fused-ring (bicyclic) bond motifs is 3. The third kappa shape index (κ3) is 4.69. The van der Waals surface area contributed by atoms with Crippen molar-refractivity contribution >= 4 is 29.1 Å². The van der Waals surface area contributed by atoms with E-state index in [-0.39, 0.29) is 36.7 Å². The van der Waals surface area contributed by atoms with Gasteiger partial charge >= 0.3 is 0 Å². The highest BCUT2D eigenvalue weighted by atomic mass is 19.1. The Hall–Kier alpha value is -3.85. The van der Waals surface area contributed by atoms with E-state index in [2.05, 4.69) is 10.2 Å². The number of halogens is 1. The molecule has 0 bridgehead atoms. The molecule has 43 heavy (non-hydrogen) atoms. The number of benzene rings is 1. The number of amides is 2. The van der Waals surface area contributed by atoms with E-state index >= 15 is 4.39 Å². The van der Waals surface area contributed by atoms with Gasteiger partial charge in [0.05, 0.1) is 23.8 Å². The van der Waals surface area contributed by atoms with Gasteiger partial charge in [-0.25, -0.2) is 4.39 Å². The summed E-state index contributed by atoms with van der Waals surface area (Å²) in [5.41, 5.74) is 0.211. The molecule has 4 aliphatic rings. The number of aliphatic hydroxyl groups is 3. The van der Waals surface area contributed by atoms with Crippen LogP contribution in [0.1, 0.15) is 28.8 Å². The number of aliphatic hydroxyl groups excluding tert-OH is 2. The Morgan fingerprint density at radius 3 is 2.42 bits per heavy atom. The number of nitrogens with two attached hydrogens (primary N) is 1. The lowest BCUT2D eigenvalue weighted by Crippen LogP contribution is -2.63. The molecule has 2 amide bonds. The number of phenolic OH excluding ortho intramolecular Hbond substituents is 1. The summed E-state index contributed by atoms with van der Waals surface area (Å²) >= 11 is 0. The molecular formula is C29H36FN5O8. The Balaban J connectivity index is 1.51. The smallest absolute Gasteiger partial charge is 0.255 e. The van der Waals surface area contributed by atoms with Crippen LogP contribution >= 0.6 is 0 Å². The minimum atomic E-state index is -2.80. The number of phenols is 1. The third-order valence-electron chi connectivity index (χ3n) is 9.29. The fraction of sp³-hybridized carbons (Fsp3) is 0.517. The van der Waals surface area contributed by atoms with Gasteiger partial charge in [0, 0.05) is 42.3 Å². The standard InChI is InChI=1S/C29H36FN5O8/c1-33(2)13-5-6-35(10-13)11-18(36)32-17-9-16(30)14-7-12-8-15-22(34(3)4)25(39)21(28(31)42)27(41)29(15,43)26(40)19(12)24(38)20(14)23(17)37/h9,12-13,15,22,37,39-40,43H,5-8,10-11H2,1-4H3,(H2,31,42)(H,32,36)/t12-,13-,15-,22-,29-/m0/s1. The van der Waals surface area contributed by atoms with Gasteiger partial charge in [0.25, 0.3) is 5.91 Å². The van der Waals surface area contributed by atoms with E-state index in [9.17, 15) is 39.6 Å². The van der Waals surface area contributed by atoms with Crippen molar-refractivity contribution < 1.29 is 44.0 Å². The van der Waals surface area contributed by atoms with Crippen molar-refractivity contribution in [3.8, 4) is 5.75 Å². The highest BCUT2D eigenvalue weighted by molar-refractivity contribution is 6.25. The predicted molar refractivity (Wildman–Crippen MR) is 151 cm³/mol. The van der Waals surface area contributed by atoms with E-state index in [1.165, 1.54) is 19.0 Å². The van der Waals surface area contributed by atoms with Crippen molar-refractivity contribution in [2.45, 2.75) is 36.9 Å². The first kappa shape index (κ1) is 30.6. The molecule has 3 aliphatic carbocycles.